The van der Waals surface area contributed by atoms with Crippen molar-refractivity contribution in [3.8, 4) is 0 Å². The van der Waals surface area contributed by atoms with Gasteiger partial charge < -0.3 is 10.1 Å². The molecular weight excluding hydrogens is 244 g/mol. The van der Waals surface area contributed by atoms with Gasteiger partial charge in [0.15, 0.2) is 0 Å². The van der Waals surface area contributed by atoms with Gasteiger partial charge in [-0.25, -0.2) is 4.37 Å². The van der Waals surface area contributed by atoms with Crippen molar-refractivity contribution in [2.75, 3.05) is 13.2 Å². The van der Waals surface area contributed by atoms with Crippen molar-refractivity contribution in [2.24, 2.45) is 11.8 Å². The van der Waals surface area contributed by atoms with Crippen LogP contribution in [0.2, 0.25) is 0 Å². The van der Waals surface area contributed by atoms with Gasteiger partial charge in [-0.1, -0.05) is 13.8 Å². The number of rotatable bonds is 1. The van der Waals surface area contributed by atoms with Gasteiger partial charge in [0.1, 0.15) is 0 Å². The van der Waals surface area contributed by atoms with Gasteiger partial charge in [0.25, 0.3) is 0 Å². The van der Waals surface area contributed by atoms with Crippen LogP contribution in [0.4, 0.5) is 0 Å². The molecule has 3 nitrogen and oxygen atoms in total. The third kappa shape index (κ3) is 2.22. The van der Waals surface area contributed by atoms with Crippen molar-refractivity contribution in [3.63, 3.8) is 0 Å². The summed E-state index contributed by atoms with van der Waals surface area (Å²) < 4.78 is 10.6. The second-order valence-electron chi connectivity index (χ2n) is 6.11. The summed E-state index contributed by atoms with van der Waals surface area (Å²) in [4.78, 5) is 0. The van der Waals surface area contributed by atoms with Gasteiger partial charge in [-0.15, -0.1) is 0 Å². The van der Waals surface area contributed by atoms with Crippen LogP contribution in [0.25, 0.3) is 0 Å². The highest BCUT2D eigenvalue weighted by atomic mass is 32.1. The predicted octanol–water partition coefficient (Wildman–Crippen LogP) is 3.00. The van der Waals surface area contributed by atoms with Crippen LogP contribution in [-0.4, -0.2) is 23.1 Å². The maximum absolute atomic E-state index is 6.30. The molecule has 2 fully saturated rings. The topological polar surface area (TPSA) is 34.1 Å². The zero-order valence-electron chi connectivity index (χ0n) is 11.2. The number of nitrogens with one attached hydrogen (secondary N) is 1. The van der Waals surface area contributed by atoms with Gasteiger partial charge in [-0.3, -0.25) is 0 Å². The Balaban J connectivity index is 1.90. The number of ether oxygens (including phenoxy) is 1. The molecule has 2 heterocycles. The third-order valence-electron chi connectivity index (χ3n) is 4.34. The van der Waals surface area contributed by atoms with Crippen LogP contribution < -0.4 is 5.32 Å². The van der Waals surface area contributed by atoms with Crippen molar-refractivity contribution in [3.05, 3.63) is 17.1 Å². The zero-order valence-corrected chi connectivity index (χ0v) is 12.0. The molecule has 1 aromatic heterocycles. The van der Waals surface area contributed by atoms with Crippen LogP contribution in [0, 0.1) is 11.8 Å². The molecule has 4 heteroatoms. The first kappa shape index (κ1) is 12.6. The summed E-state index contributed by atoms with van der Waals surface area (Å²) in [5.74, 6) is 1.51. The molecule has 3 unspecified atom stereocenters. The summed E-state index contributed by atoms with van der Waals surface area (Å²) in [5, 5.41) is 5.83. The van der Waals surface area contributed by atoms with Crippen molar-refractivity contribution in [2.45, 2.75) is 44.8 Å². The fourth-order valence-corrected chi connectivity index (χ4v) is 4.54. The van der Waals surface area contributed by atoms with Gasteiger partial charge in [0.05, 0.1) is 18.2 Å². The second kappa shape index (κ2) is 4.91. The number of hydrogen-bond acceptors (Lipinski definition) is 4. The highest BCUT2D eigenvalue weighted by molar-refractivity contribution is 7.03. The minimum atomic E-state index is -0.00190. The van der Waals surface area contributed by atoms with E-state index in [1.807, 2.05) is 6.20 Å². The van der Waals surface area contributed by atoms with E-state index < -0.39 is 0 Å². The molecule has 3 atom stereocenters. The first-order valence-electron chi connectivity index (χ1n) is 6.96. The molecule has 1 spiro atoms. The van der Waals surface area contributed by atoms with Crippen LogP contribution in [0.1, 0.15) is 44.7 Å². The van der Waals surface area contributed by atoms with Gasteiger partial charge in [0.2, 0.25) is 0 Å². The predicted molar refractivity (Wildman–Crippen MR) is 73.7 cm³/mol. The fraction of sp³-hybridized carbons (Fsp3) is 0.786. The van der Waals surface area contributed by atoms with Crippen LogP contribution >= 0.6 is 11.5 Å². The maximum Gasteiger partial charge on any atom is 0.0882 e. The molecule has 100 valence electrons. The molecular formula is C14H22N2OS. The Hall–Kier alpha value is -0.450. The minimum Gasteiger partial charge on any atom is -0.372 e. The Morgan fingerprint density at radius 1 is 1.39 bits per heavy atom. The standard InChI is InChI=1S/C14H22N2OS/c1-10-5-11(2)7-14(6-10)13(15-3-4-17-14)12-8-16-18-9-12/h8-11,13,15H,3-7H2,1-2H3. The maximum atomic E-state index is 6.30. The molecule has 3 rings (SSSR count). The Kier molecular flexibility index (Phi) is 3.43. The van der Waals surface area contributed by atoms with Crippen LogP contribution in [0.5, 0.6) is 0 Å². The van der Waals surface area contributed by atoms with Crippen molar-refractivity contribution in [1.82, 2.24) is 9.69 Å². The molecule has 1 saturated heterocycles. The van der Waals surface area contributed by atoms with Gasteiger partial charge >= 0.3 is 0 Å². The lowest BCUT2D eigenvalue weighted by Gasteiger charge is -2.50. The summed E-state index contributed by atoms with van der Waals surface area (Å²) in [6.45, 7) is 6.51. The lowest BCUT2D eigenvalue weighted by atomic mass is 9.69. The largest absolute Gasteiger partial charge is 0.372 e. The zero-order chi connectivity index (χ0) is 12.6. The summed E-state index contributed by atoms with van der Waals surface area (Å²) >= 11 is 1.54. The molecule has 0 aromatic carbocycles. The minimum absolute atomic E-state index is 0.00190. The average molecular weight is 266 g/mol. The molecule has 1 saturated carbocycles. The van der Waals surface area contributed by atoms with Crippen molar-refractivity contribution in [1.29, 1.82) is 0 Å². The van der Waals surface area contributed by atoms with E-state index >= 15 is 0 Å². The molecule has 1 aromatic rings. The van der Waals surface area contributed by atoms with E-state index in [1.165, 1.54) is 36.4 Å². The first-order valence-corrected chi connectivity index (χ1v) is 7.80. The smallest absolute Gasteiger partial charge is 0.0882 e. The SMILES string of the molecule is CC1CC(C)CC2(C1)OCCNC2c1cnsc1. The van der Waals surface area contributed by atoms with Gasteiger partial charge in [-0.2, -0.15) is 0 Å². The van der Waals surface area contributed by atoms with E-state index in [0.717, 1.165) is 25.0 Å². The first-order chi connectivity index (χ1) is 8.70. The molecule has 1 aliphatic heterocycles. The Bertz CT molecular complexity index is 383. The normalized spacial score (nSPS) is 41.1. The highest BCUT2D eigenvalue weighted by Gasteiger charge is 2.47. The average Bonchev–Trinajstić information content (AvgIpc) is 2.81. The summed E-state index contributed by atoms with van der Waals surface area (Å²) in [7, 11) is 0. The van der Waals surface area contributed by atoms with Crippen molar-refractivity contribution < 1.29 is 4.74 Å². The Labute approximate surface area is 113 Å². The van der Waals surface area contributed by atoms with E-state index in [2.05, 4.69) is 28.9 Å². The molecule has 1 N–H and O–H groups in total. The second-order valence-corrected chi connectivity index (χ2v) is 6.77. The van der Waals surface area contributed by atoms with Crippen LogP contribution in [-0.2, 0) is 4.74 Å². The van der Waals surface area contributed by atoms with Crippen LogP contribution in [0.15, 0.2) is 11.6 Å². The number of morpholine rings is 1. The Morgan fingerprint density at radius 3 is 2.83 bits per heavy atom. The van der Waals surface area contributed by atoms with E-state index in [4.69, 9.17) is 4.74 Å². The molecule has 0 amide bonds. The van der Waals surface area contributed by atoms with E-state index in [9.17, 15) is 0 Å². The lowest BCUT2D eigenvalue weighted by Crippen LogP contribution is -2.55. The Morgan fingerprint density at radius 2 is 2.17 bits per heavy atom. The van der Waals surface area contributed by atoms with E-state index in [1.54, 1.807) is 0 Å². The number of nitrogens with zero attached hydrogens (tertiary/aromatic N) is 1. The third-order valence-corrected chi connectivity index (χ3v) is 4.95. The fourth-order valence-electron chi connectivity index (χ4n) is 3.97. The quantitative estimate of drug-likeness (QED) is 0.848. The summed E-state index contributed by atoms with van der Waals surface area (Å²) in [6, 6.07) is 0.329. The lowest BCUT2D eigenvalue weighted by molar-refractivity contribution is -0.138. The van der Waals surface area contributed by atoms with Crippen LogP contribution in [0.3, 0.4) is 0 Å². The molecule has 0 bridgehead atoms. The highest BCUT2D eigenvalue weighted by Crippen LogP contribution is 2.46. The number of hydrogen-bond donors (Lipinski definition) is 1. The van der Waals surface area contributed by atoms with Crippen molar-refractivity contribution >= 4 is 11.5 Å². The molecule has 18 heavy (non-hydrogen) atoms. The molecule has 1 aliphatic carbocycles. The van der Waals surface area contributed by atoms with Gasteiger partial charge in [-0.05, 0) is 42.6 Å². The molecule has 0 radical (unpaired) electrons. The molecule has 2 aliphatic rings. The monoisotopic (exact) mass is 266 g/mol. The van der Waals surface area contributed by atoms with Gasteiger partial charge in [0, 0.05) is 23.7 Å². The summed E-state index contributed by atoms with van der Waals surface area (Å²) in [6.07, 6.45) is 5.68. The van der Waals surface area contributed by atoms with E-state index in [-0.39, 0.29) is 5.60 Å². The summed E-state index contributed by atoms with van der Waals surface area (Å²) in [5.41, 5.74) is 1.30. The number of aromatic nitrogens is 1. The van der Waals surface area contributed by atoms with E-state index in [0.29, 0.717) is 6.04 Å².